The summed E-state index contributed by atoms with van der Waals surface area (Å²) >= 11 is 12.2. The molecule has 0 aliphatic carbocycles. The molecule has 0 spiro atoms. The zero-order valence-electron chi connectivity index (χ0n) is 16.9. The largest absolute Gasteiger partial charge is 0.504 e. The van der Waals surface area contributed by atoms with Gasteiger partial charge in [0.2, 0.25) is 0 Å². The molecule has 5 nitrogen and oxygen atoms in total. The summed E-state index contributed by atoms with van der Waals surface area (Å²) in [6.07, 6.45) is 3.14. The maximum atomic E-state index is 12.5. The highest BCUT2D eigenvalue weighted by atomic mass is 35.5. The van der Waals surface area contributed by atoms with E-state index in [1.807, 2.05) is 12.1 Å². The third-order valence-electron chi connectivity index (χ3n) is 4.50. The minimum absolute atomic E-state index is 0.0253. The van der Waals surface area contributed by atoms with Crippen molar-refractivity contribution in [1.82, 2.24) is 0 Å². The van der Waals surface area contributed by atoms with Crippen molar-refractivity contribution in [3.05, 3.63) is 87.4 Å². The van der Waals surface area contributed by atoms with E-state index in [4.69, 9.17) is 37.4 Å². The molecule has 0 bridgehead atoms. The van der Waals surface area contributed by atoms with E-state index in [0.29, 0.717) is 27.1 Å². The summed E-state index contributed by atoms with van der Waals surface area (Å²) in [4.78, 5) is 12.5. The minimum Gasteiger partial charge on any atom is -0.504 e. The highest BCUT2D eigenvalue weighted by molar-refractivity contribution is 6.42. The quantitative estimate of drug-likeness (QED) is 0.321. The number of rotatable bonds is 8. The summed E-state index contributed by atoms with van der Waals surface area (Å²) in [5.74, 6) is 1.10. The van der Waals surface area contributed by atoms with Crippen LogP contribution in [-0.4, -0.2) is 25.1 Å². The highest BCUT2D eigenvalue weighted by Crippen LogP contribution is 2.33. The number of ketones is 1. The van der Waals surface area contributed by atoms with Gasteiger partial charge < -0.3 is 19.3 Å². The molecule has 0 fully saturated rings. The van der Waals surface area contributed by atoms with Gasteiger partial charge in [-0.15, -0.1) is 0 Å². The number of carbonyl (C=O) groups is 1. The average Bonchev–Trinajstić information content (AvgIpc) is 2.78. The van der Waals surface area contributed by atoms with Crippen molar-refractivity contribution in [2.45, 2.75) is 6.61 Å². The predicted molar refractivity (Wildman–Crippen MR) is 122 cm³/mol. The lowest BCUT2D eigenvalue weighted by Gasteiger charge is -2.12. The number of phenols is 1. The molecule has 0 unspecified atom stereocenters. The molecule has 31 heavy (non-hydrogen) atoms. The third kappa shape index (κ3) is 5.51. The monoisotopic (exact) mass is 458 g/mol. The van der Waals surface area contributed by atoms with Gasteiger partial charge in [0, 0.05) is 11.1 Å². The molecule has 0 radical (unpaired) electrons. The summed E-state index contributed by atoms with van der Waals surface area (Å²) in [7, 11) is 3.00. The van der Waals surface area contributed by atoms with Crippen molar-refractivity contribution in [3.63, 3.8) is 0 Å². The second kappa shape index (κ2) is 10.2. The van der Waals surface area contributed by atoms with Gasteiger partial charge in [-0.3, -0.25) is 4.79 Å². The minimum atomic E-state index is -0.224. The van der Waals surface area contributed by atoms with Crippen molar-refractivity contribution in [2.75, 3.05) is 14.2 Å². The van der Waals surface area contributed by atoms with Crippen LogP contribution in [0, 0.1) is 0 Å². The number of aromatic hydroxyl groups is 1. The van der Waals surface area contributed by atoms with E-state index < -0.39 is 0 Å². The van der Waals surface area contributed by atoms with E-state index in [0.717, 1.165) is 11.1 Å². The Balaban J connectivity index is 1.78. The fraction of sp³-hybridized carbons (Fsp3) is 0.125. The Labute approximate surface area is 190 Å². The predicted octanol–water partition coefficient (Wildman–Crippen LogP) is 6.19. The van der Waals surface area contributed by atoms with Gasteiger partial charge in [0.05, 0.1) is 19.2 Å². The van der Waals surface area contributed by atoms with E-state index in [2.05, 4.69) is 0 Å². The Kier molecular flexibility index (Phi) is 7.45. The zero-order valence-corrected chi connectivity index (χ0v) is 18.4. The normalized spacial score (nSPS) is 10.8. The van der Waals surface area contributed by atoms with Crippen LogP contribution in [0.2, 0.25) is 10.0 Å². The molecule has 160 valence electrons. The molecule has 0 aliphatic heterocycles. The molecule has 0 amide bonds. The lowest BCUT2D eigenvalue weighted by atomic mass is 10.1. The van der Waals surface area contributed by atoms with Gasteiger partial charge in [0.25, 0.3) is 0 Å². The third-order valence-corrected chi connectivity index (χ3v) is 5.30. The molecule has 7 heteroatoms. The Hall–Kier alpha value is -3.15. The number of benzene rings is 3. The van der Waals surface area contributed by atoms with E-state index in [-0.39, 0.29) is 23.9 Å². The van der Waals surface area contributed by atoms with Crippen LogP contribution in [0.4, 0.5) is 0 Å². The van der Waals surface area contributed by atoms with Crippen LogP contribution in [0.25, 0.3) is 6.08 Å². The van der Waals surface area contributed by atoms with Crippen LogP contribution >= 0.6 is 23.2 Å². The van der Waals surface area contributed by atoms with Gasteiger partial charge in [-0.25, -0.2) is 0 Å². The second-order valence-electron chi connectivity index (χ2n) is 6.50. The molecular formula is C24H20Cl2O5. The standard InChI is InChI=1S/C24H20Cl2O5/c1-29-21-11-7-15(6-9-19(27)16-8-10-20(28)23(13-16)30-2)12-17(21)14-31-22-5-3-4-18(25)24(22)26/h3-13,28H,14H2,1-2H3/b9-6+. The molecule has 1 N–H and O–H groups in total. The van der Waals surface area contributed by atoms with Gasteiger partial charge in [0.1, 0.15) is 23.1 Å². The Morgan fingerprint density at radius 2 is 1.74 bits per heavy atom. The van der Waals surface area contributed by atoms with Gasteiger partial charge >= 0.3 is 0 Å². The topological polar surface area (TPSA) is 65.0 Å². The summed E-state index contributed by atoms with van der Waals surface area (Å²) in [6, 6.07) is 15.1. The SMILES string of the molecule is COc1cc(C(=O)/C=C/c2ccc(OC)c(COc3cccc(Cl)c3Cl)c2)ccc1O. The molecule has 0 atom stereocenters. The summed E-state index contributed by atoms with van der Waals surface area (Å²) in [6.45, 7) is 0.202. The lowest BCUT2D eigenvalue weighted by molar-refractivity contribution is 0.104. The molecule has 0 saturated heterocycles. The molecule has 3 aromatic rings. The summed E-state index contributed by atoms with van der Waals surface area (Å²) in [5, 5.41) is 10.4. The number of phenolic OH excluding ortho intramolecular Hbond substituents is 1. The van der Waals surface area contributed by atoms with Crippen molar-refractivity contribution in [3.8, 4) is 23.0 Å². The highest BCUT2D eigenvalue weighted by Gasteiger charge is 2.10. The number of hydrogen-bond donors (Lipinski definition) is 1. The number of carbonyl (C=O) groups excluding carboxylic acids is 1. The van der Waals surface area contributed by atoms with Gasteiger partial charge in [-0.2, -0.15) is 0 Å². The summed E-state index contributed by atoms with van der Waals surface area (Å²) < 4.78 is 16.3. The first-order valence-corrected chi connectivity index (χ1v) is 10.0. The molecule has 0 aliphatic rings. The van der Waals surface area contributed by atoms with E-state index in [9.17, 15) is 9.90 Å². The van der Waals surface area contributed by atoms with Gasteiger partial charge in [-0.1, -0.05) is 41.4 Å². The summed E-state index contributed by atoms with van der Waals surface area (Å²) in [5.41, 5.74) is 1.97. The molecular weight excluding hydrogens is 439 g/mol. The Morgan fingerprint density at radius 3 is 2.48 bits per heavy atom. The maximum Gasteiger partial charge on any atom is 0.185 e. The Morgan fingerprint density at radius 1 is 0.968 bits per heavy atom. The fourth-order valence-electron chi connectivity index (χ4n) is 2.86. The Bertz CT molecular complexity index is 1120. The number of methoxy groups -OCH3 is 2. The van der Waals surface area contributed by atoms with Crippen molar-refractivity contribution in [2.24, 2.45) is 0 Å². The lowest BCUT2D eigenvalue weighted by Crippen LogP contribution is -2.00. The van der Waals surface area contributed by atoms with Gasteiger partial charge in [-0.05, 0) is 54.1 Å². The van der Waals surface area contributed by atoms with Gasteiger partial charge in [0.15, 0.2) is 17.3 Å². The van der Waals surface area contributed by atoms with Crippen molar-refractivity contribution >= 4 is 35.1 Å². The first kappa shape index (κ1) is 22.5. The number of ether oxygens (including phenoxy) is 3. The number of allylic oxidation sites excluding steroid dienone is 1. The fourth-order valence-corrected chi connectivity index (χ4v) is 3.21. The van der Waals surface area contributed by atoms with E-state index in [1.165, 1.54) is 31.4 Å². The van der Waals surface area contributed by atoms with E-state index >= 15 is 0 Å². The second-order valence-corrected chi connectivity index (χ2v) is 7.28. The van der Waals surface area contributed by atoms with Crippen molar-refractivity contribution < 1.29 is 24.1 Å². The molecule has 0 aromatic heterocycles. The number of halogens is 2. The van der Waals surface area contributed by atoms with Crippen LogP contribution in [0.3, 0.4) is 0 Å². The molecule has 3 aromatic carbocycles. The van der Waals surface area contributed by atoms with Crippen LogP contribution < -0.4 is 14.2 Å². The van der Waals surface area contributed by atoms with E-state index in [1.54, 1.807) is 37.5 Å². The molecule has 0 heterocycles. The average molecular weight is 459 g/mol. The number of hydrogen-bond acceptors (Lipinski definition) is 5. The maximum absolute atomic E-state index is 12.5. The van der Waals surface area contributed by atoms with Crippen LogP contribution in [0.1, 0.15) is 21.5 Å². The van der Waals surface area contributed by atoms with Crippen LogP contribution in [0.5, 0.6) is 23.0 Å². The smallest absolute Gasteiger partial charge is 0.185 e. The first-order valence-electron chi connectivity index (χ1n) is 9.26. The van der Waals surface area contributed by atoms with Crippen molar-refractivity contribution in [1.29, 1.82) is 0 Å². The van der Waals surface area contributed by atoms with Crippen LogP contribution in [0.15, 0.2) is 60.7 Å². The molecule has 3 rings (SSSR count). The first-order chi connectivity index (χ1) is 14.9. The van der Waals surface area contributed by atoms with Crippen LogP contribution in [-0.2, 0) is 6.61 Å². The zero-order chi connectivity index (χ0) is 22.4. The molecule has 0 saturated carbocycles.